The lowest BCUT2D eigenvalue weighted by molar-refractivity contribution is 1.16. The van der Waals surface area contributed by atoms with Crippen LogP contribution in [0.25, 0.3) is 139 Å². The molecule has 83 heavy (non-hydrogen) atoms. The number of hydrogen-bond donors (Lipinski definition) is 0. The third-order valence-corrected chi connectivity index (χ3v) is 16.0. The van der Waals surface area contributed by atoms with Gasteiger partial charge in [-0.2, -0.15) is 21.0 Å². The largest absolute Gasteiger partial charge is 0.309 e. The molecule has 0 atom stereocenters. The van der Waals surface area contributed by atoms with E-state index in [1.807, 2.05) is 72.8 Å². The number of aromatic nitrogens is 5. The number of rotatable bonds is 8. The van der Waals surface area contributed by atoms with Crippen molar-refractivity contribution < 1.29 is 0 Å². The Hall–Kier alpha value is -12.1. The van der Waals surface area contributed by atoms with Gasteiger partial charge < -0.3 is 13.7 Å². The molecule has 0 aliphatic heterocycles. The number of benzene rings is 11. The molecular formula is C74H41N9. The van der Waals surface area contributed by atoms with Crippen LogP contribution in [0.4, 0.5) is 0 Å². The van der Waals surface area contributed by atoms with Gasteiger partial charge in [-0.1, -0.05) is 121 Å². The van der Waals surface area contributed by atoms with E-state index in [1.165, 1.54) is 10.8 Å². The summed E-state index contributed by atoms with van der Waals surface area (Å²) in [6.07, 6.45) is 0. The lowest BCUT2D eigenvalue weighted by atomic mass is 9.98. The molecule has 0 N–H and O–H groups in total. The van der Waals surface area contributed by atoms with Crippen LogP contribution < -0.4 is 0 Å². The Balaban J connectivity index is 0.792. The summed E-state index contributed by atoms with van der Waals surface area (Å²) in [6, 6.07) is 93.7. The van der Waals surface area contributed by atoms with Gasteiger partial charge in [0.25, 0.3) is 0 Å². The Morgan fingerprint density at radius 3 is 1.07 bits per heavy atom. The van der Waals surface area contributed by atoms with Crippen LogP contribution in [-0.2, 0) is 0 Å². The van der Waals surface area contributed by atoms with Crippen LogP contribution in [-0.4, -0.2) is 23.7 Å². The molecule has 9 heteroatoms. The van der Waals surface area contributed by atoms with Gasteiger partial charge in [-0.3, -0.25) is 0 Å². The van der Waals surface area contributed by atoms with Crippen molar-refractivity contribution in [3.05, 3.63) is 271 Å². The normalized spacial score (nSPS) is 11.3. The number of hydrogen-bond acceptors (Lipinski definition) is 6. The van der Waals surface area contributed by atoms with Crippen LogP contribution in [0.15, 0.2) is 249 Å². The standard InChI is InChI=1S/C74H41N9/c75-42-46-7-5-9-55(35-46)67-41-66(79-74(80-67)56-10-6-8-47(36-56)43-76)54-23-21-52(22-24-54)50-17-19-51(20-18-50)53-25-27-57(28-26-53)81-72-33-29-58(82-68-13-3-1-11-60(68)61-12-2-4-14-69(61)82)39-64(72)65-40-59(30-34-73(65)81)83-70-31-15-48(44-77)37-62(70)63-38-49(45-78)16-32-71(63)83/h1-41H. The molecule has 0 saturated heterocycles. The Kier molecular flexibility index (Phi) is 11.2. The average Bonchev–Trinajstić information content (AvgIpc) is 3.98. The van der Waals surface area contributed by atoms with Gasteiger partial charge in [-0.05, 0) is 150 Å². The fourth-order valence-corrected chi connectivity index (χ4v) is 12.0. The second kappa shape index (κ2) is 19.3. The van der Waals surface area contributed by atoms with Crippen LogP contribution in [0.3, 0.4) is 0 Å². The Bertz CT molecular complexity index is 5160. The van der Waals surface area contributed by atoms with Gasteiger partial charge in [0.05, 0.1) is 91.0 Å². The van der Waals surface area contributed by atoms with Crippen LogP contribution >= 0.6 is 0 Å². The molecule has 0 spiro atoms. The lowest BCUT2D eigenvalue weighted by Gasteiger charge is -2.12. The maximum atomic E-state index is 9.92. The minimum Gasteiger partial charge on any atom is -0.309 e. The van der Waals surface area contributed by atoms with Crippen molar-refractivity contribution in [2.24, 2.45) is 0 Å². The zero-order chi connectivity index (χ0) is 55.7. The monoisotopic (exact) mass is 1060 g/mol. The lowest BCUT2D eigenvalue weighted by Crippen LogP contribution is -1.96. The van der Waals surface area contributed by atoms with E-state index in [9.17, 15) is 21.0 Å². The molecule has 0 radical (unpaired) electrons. The smallest absolute Gasteiger partial charge is 0.160 e. The van der Waals surface area contributed by atoms with Gasteiger partial charge in [-0.25, -0.2) is 9.97 Å². The second-order valence-electron chi connectivity index (χ2n) is 20.7. The molecule has 0 aliphatic rings. The van der Waals surface area contributed by atoms with Gasteiger partial charge >= 0.3 is 0 Å². The molecule has 0 bridgehead atoms. The quantitative estimate of drug-likeness (QED) is 0.149. The van der Waals surface area contributed by atoms with Gasteiger partial charge in [0.2, 0.25) is 0 Å². The van der Waals surface area contributed by atoms with Crippen molar-refractivity contribution in [2.45, 2.75) is 0 Å². The number of fused-ring (bicyclic) bond motifs is 9. The molecule has 382 valence electrons. The fourth-order valence-electron chi connectivity index (χ4n) is 12.0. The summed E-state index contributed by atoms with van der Waals surface area (Å²) in [5.74, 6) is 0.491. The van der Waals surface area contributed by atoms with E-state index < -0.39 is 0 Å². The highest BCUT2D eigenvalue weighted by Crippen LogP contribution is 2.41. The van der Waals surface area contributed by atoms with E-state index in [0.717, 1.165) is 116 Å². The van der Waals surface area contributed by atoms with Crippen molar-refractivity contribution in [1.29, 1.82) is 21.0 Å². The molecule has 15 rings (SSSR count). The third-order valence-electron chi connectivity index (χ3n) is 16.0. The van der Waals surface area contributed by atoms with Crippen LogP contribution in [0.1, 0.15) is 22.3 Å². The number of nitriles is 4. The van der Waals surface area contributed by atoms with E-state index in [-0.39, 0.29) is 0 Å². The predicted molar refractivity (Wildman–Crippen MR) is 331 cm³/mol. The van der Waals surface area contributed by atoms with E-state index >= 15 is 0 Å². The molecule has 0 amide bonds. The zero-order valence-corrected chi connectivity index (χ0v) is 44.2. The molecule has 0 unspecified atom stereocenters. The molecule has 4 heterocycles. The van der Waals surface area contributed by atoms with E-state index in [2.05, 4.69) is 196 Å². The fraction of sp³-hybridized carbons (Fsp3) is 0. The van der Waals surface area contributed by atoms with Crippen molar-refractivity contribution in [1.82, 2.24) is 23.7 Å². The first-order valence-corrected chi connectivity index (χ1v) is 27.1. The van der Waals surface area contributed by atoms with Crippen molar-refractivity contribution in [2.75, 3.05) is 0 Å². The maximum absolute atomic E-state index is 9.92. The zero-order valence-electron chi connectivity index (χ0n) is 44.2. The molecular weight excluding hydrogens is 1010 g/mol. The minimum atomic E-state index is 0.491. The second-order valence-corrected chi connectivity index (χ2v) is 20.7. The minimum absolute atomic E-state index is 0.491. The molecule has 4 aromatic heterocycles. The van der Waals surface area contributed by atoms with Crippen molar-refractivity contribution in [3.8, 4) is 97.5 Å². The number of para-hydroxylation sites is 2. The molecule has 0 fully saturated rings. The first-order valence-electron chi connectivity index (χ1n) is 27.1. The molecule has 0 aliphatic carbocycles. The summed E-state index contributed by atoms with van der Waals surface area (Å²) in [4.78, 5) is 9.89. The van der Waals surface area contributed by atoms with Gasteiger partial charge in [0.15, 0.2) is 5.82 Å². The maximum Gasteiger partial charge on any atom is 0.160 e. The summed E-state index contributed by atoms with van der Waals surface area (Å²) in [6.45, 7) is 0. The van der Waals surface area contributed by atoms with E-state index in [1.54, 1.807) is 18.2 Å². The predicted octanol–water partition coefficient (Wildman–Crippen LogP) is 17.6. The average molecular weight is 1060 g/mol. The van der Waals surface area contributed by atoms with Gasteiger partial charge in [-0.15, -0.1) is 0 Å². The Morgan fingerprint density at radius 2 is 0.590 bits per heavy atom. The molecule has 15 aromatic rings. The summed E-state index contributed by atoms with van der Waals surface area (Å²) in [7, 11) is 0. The molecule has 0 saturated carbocycles. The summed E-state index contributed by atoms with van der Waals surface area (Å²) in [5, 5.41) is 45.6. The number of nitrogens with zero attached hydrogens (tertiary/aromatic N) is 9. The SMILES string of the molecule is N#Cc1cccc(-c2cc(-c3ccc(-c4ccc(-c5ccc(-n6c7ccc(-n8c9ccccc9c9ccccc98)cc7c7cc(-n8c9ccc(C#N)cc9c9cc(C#N)ccc98)ccc76)cc5)cc4)cc3)nc(-c3cccc(C#N)c3)n2)c1. The highest BCUT2D eigenvalue weighted by atomic mass is 15.0. The van der Waals surface area contributed by atoms with E-state index in [0.29, 0.717) is 33.8 Å². The topological polar surface area (TPSA) is 136 Å². The van der Waals surface area contributed by atoms with Crippen LogP contribution in [0.2, 0.25) is 0 Å². The first kappa shape index (κ1) is 48.0. The summed E-state index contributed by atoms with van der Waals surface area (Å²) in [5.41, 5.74) is 19.7. The van der Waals surface area contributed by atoms with Gasteiger partial charge in [0.1, 0.15) is 0 Å². The van der Waals surface area contributed by atoms with Crippen molar-refractivity contribution in [3.63, 3.8) is 0 Å². The van der Waals surface area contributed by atoms with Crippen molar-refractivity contribution >= 4 is 65.4 Å². The van der Waals surface area contributed by atoms with Crippen LogP contribution in [0.5, 0.6) is 0 Å². The van der Waals surface area contributed by atoms with Crippen LogP contribution in [0, 0.1) is 45.3 Å². The van der Waals surface area contributed by atoms with Gasteiger partial charge in [0, 0.05) is 66.1 Å². The third kappa shape index (κ3) is 8.05. The molecule has 11 aromatic carbocycles. The summed E-state index contributed by atoms with van der Waals surface area (Å²) < 4.78 is 6.96. The Morgan fingerprint density at radius 1 is 0.241 bits per heavy atom. The first-order chi connectivity index (χ1) is 40.9. The highest BCUT2D eigenvalue weighted by Gasteiger charge is 2.21. The molecule has 9 nitrogen and oxygen atoms in total. The summed E-state index contributed by atoms with van der Waals surface area (Å²) >= 11 is 0. The van der Waals surface area contributed by atoms with E-state index in [4.69, 9.17) is 9.97 Å². The Labute approximate surface area is 476 Å². The highest BCUT2D eigenvalue weighted by molar-refractivity contribution is 6.14.